The number of ether oxygens (including phenoxy) is 2. The number of carbonyl (C=O) groups is 3. The number of aryl methyl sites for hydroxylation is 2. The molecule has 1 amide bonds. The van der Waals surface area contributed by atoms with Crippen LogP contribution < -0.4 is 14.4 Å². The molecule has 1 heterocycles. The molecule has 0 aromatic heterocycles. The lowest BCUT2D eigenvalue weighted by Gasteiger charge is -2.26. The van der Waals surface area contributed by atoms with Crippen LogP contribution >= 0.6 is 0 Å². The van der Waals surface area contributed by atoms with Gasteiger partial charge in [0.2, 0.25) is 0 Å². The van der Waals surface area contributed by atoms with Crippen molar-refractivity contribution in [2.75, 3.05) is 11.5 Å². The number of rotatable bonds is 7. The molecule has 1 fully saturated rings. The Balaban J connectivity index is 1.86. The Morgan fingerprint density at radius 1 is 0.947 bits per heavy atom. The molecule has 1 aliphatic rings. The number of hydrogen-bond acceptors (Lipinski definition) is 6. The standard InChI is InChI=1S/C31H31NO6/c1-18(2)17-37-25-11-9-22(10-12-25)29(34)27-28(23-7-6-8-26(16-23)38-21(5)33)32(31(36)30(27)35)24-14-19(3)13-20(4)15-24/h6-16,18,28,34H,17H2,1-5H3/b29-27+. The molecule has 4 rings (SSSR count). The van der Waals surface area contributed by atoms with Crippen molar-refractivity contribution in [1.29, 1.82) is 0 Å². The molecule has 0 saturated carbocycles. The first-order valence-corrected chi connectivity index (χ1v) is 12.5. The van der Waals surface area contributed by atoms with Crippen LogP contribution in [0.2, 0.25) is 0 Å². The van der Waals surface area contributed by atoms with Crippen molar-refractivity contribution < 1.29 is 29.0 Å². The average molecular weight is 514 g/mol. The van der Waals surface area contributed by atoms with Crippen molar-refractivity contribution in [1.82, 2.24) is 0 Å². The van der Waals surface area contributed by atoms with Gasteiger partial charge in [-0.05, 0) is 85.0 Å². The molecule has 7 heteroatoms. The highest BCUT2D eigenvalue weighted by atomic mass is 16.5. The Kier molecular flexibility index (Phi) is 7.67. The minimum absolute atomic E-state index is 0.0509. The second kappa shape index (κ2) is 10.9. The molecule has 1 N–H and O–H groups in total. The largest absolute Gasteiger partial charge is 0.507 e. The van der Waals surface area contributed by atoms with Gasteiger partial charge in [0, 0.05) is 18.2 Å². The average Bonchev–Trinajstić information content (AvgIpc) is 3.12. The third-order valence-corrected chi connectivity index (χ3v) is 6.08. The van der Waals surface area contributed by atoms with Crippen LogP contribution in [0.15, 0.2) is 72.3 Å². The zero-order valence-corrected chi connectivity index (χ0v) is 22.1. The molecule has 0 radical (unpaired) electrons. The van der Waals surface area contributed by atoms with Gasteiger partial charge in [-0.25, -0.2) is 0 Å². The van der Waals surface area contributed by atoms with Crippen LogP contribution in [0.1, 0.15) is 49.1 Å². The Labute approximate surface area is 222 Å². The highest BCUT2D eigenvalue weighted by Gasteiger charge is 2.47. The maximum absolute atomic E-state index is 13.4. The van der Waals surface area contributed by atoms with Crippen LogP contribution in [0.5, 0.6) is 11.5 Å². The zero-order chi connectivity index (χ0) is 27.6. The Morgan fingerprint density at radius 2 is 1.61 bits per heavy atom. The topological polar surface area (TPSA) is 93.1 Å². The lowest BCUT2D eigenvalue weighted by atomic mass is 9.94. The van der Waals surface area contributed by atoms with E-state index >= 15 is 0 Å². The predicted molar refractivity (Wildman–Crippen MR) is 145 cm³/mol. The summed E-state index contributed by atoms with van der Waals surface area (Å²) in [6.45, 7) is 9.75. The van der Waals surface area contributed by atoms with E-state index in [0.717, 1.165) is 11.1 Å². The summed E-state index contributed by atoms with van der Waals surface area (Å²) in [4.78, 5) is 39.9. The van der Waals surface area contributed by atoms with Gasteiger partial charge in [-0.15, -0.1) is 0 Å². The molecule has 1 atom stereocenters. The van der Waals surface area contributed by atoms with Gasteiger partial charge in [0.15, 0.2) is 0 Å². The third-order valence-electron chi connectivity index (χ3n) is 6.08. The summed E-state index contributed by atoms with van der Waals surface area (Å²) in [6, 6.07) is 18.0. The van der Waals surface area contributed by atoms with E-state index in [4.69, 9.17) is 9.47 Å². The van der Waals surface area contributed by atoms with Gasteiger partial charge in [0.25, 0.3) is 11.7 Å². The SMILES string of the molecule is CC(=O)Oc1cccc(C2/C(=C(\O)c3ccc(OCC(C)C)cc3)C(=O)C(=O)N2c2cc(C)cc(C)c2)c1. The predicted octanol–water partition coefficient (Wildman–Crippen LogP) is 5.89. The van der Waals surface area contributed by atoms with E-state index in [-0.39, 0.29) is 17.1 Å². The van der Waals surface area contributed by atoms with Crippen LogP contribution in [-0.2, 0) is 14.4 Å². The van der Waals surface area contributed by atoms with Gasteiger partial charge in [0.05, 0.1) is 18.2 Å². The van der Waals surface area contributed by atoms with Crippen molar-refractivity contribution in [2.45, 2.75) is 40.7 Å². The lowest BCUT2D eigenvalue weighted by Crippen LogP contribution is -2.29. The molecule has 1 unspecified atom stereocenters. The van der Waals surface area contributed by atoms with E-state index in [1.165, 1.54) is 11.8 Å². The molecular weight excluding hydrogens is 482 g/mol. The third kappa shape index (κ3) is 5.62. The van der Waals surface area contributed by atoms with Crippen molar-refractivity contribution in [3.8, 4) is 11.5 Å². The number of nitrogens with zero attached hydrogens (tertiary/aromatic N) is 1. The van der Waals surface area contributed by atoms with E-state index in [1.807, 2.05) is 45.9 Å². The monoisotopic (exact) mass is 513 g/mol. The fraction of sp³-hybridized carbons (Fsp3) is 0.258. The molecular formula is C31H31NO6. The number of aliphatic hydroxyl groups is 1. The van der Waals surface area contributed by atoms with Crippen LogP contribution in [-0.4, -0.2) is 29.4 Å². The summed E-state index contributed by atoms with van der Waals surface area (Å²) in [5.74, 6) is -1.09. The first-order valence-electron chi connectivity index (χ1n) is 12.5. The first-order chi connectivity index (χ1) is 18.0. The minimum Gasteiger partial charge on any atom is -0.507 e. The number of anilines is 1. The molecule has 0 aliphatic carbocycles. The van der Waals surface area contributed by atoms with E-state index in [9.17, 15) is 19.5 Å². The minimum atomic E-state index is -0.941. The van der Waals surface area contributed by atoms with Gasteiger partial charge in [-0.2, -0.15) is 0 Å². The smallest absolute Gasteiger partial charge is 0.308 e. The summed E-state index contributed by atoms with van der Waals surface area (Å²) in [5, 5.41) is 11.4. The van der Waals surface area contributed by atoms with E-state index < -0.39 is 23.7 Å². The molecule has 3 aromatic carbocycles. The maximum Gasteiger partial charge on any atom is 0.308 e. The highest BCUT2D eigenvalue weighted by molar-refractivity contribution is 6.51. The summed E-state index contributed by atoms with van der Waals surface area (Å²) >= 11 is 0. The van der Waals surface area contributed by atoms with Crippen molar-refractivity contribution in [3.63, 3.8) is 0 Å². The van der Waals surface area contributed by atoms with Gasteiger partial charge in [-0.3, -0.25) is 19.3 Å². The summed E-state index contributed by atoms with van der Waals surface area (Å²) in [6.07, 6.45) is 0. The van der Waals surface area contributed by atoms with Crippen LogP contribution in [0.3, 0.4) is 0 Å². The first kappa shape index (κ1) is 26.7. The number of aliphatic hydroxyl groups excluding tert-OH is 1. The number of hydrogen-bond donors (Lipinski definition) is 1. The molecule has 0 bridgehead atoms. The molecule has 1 saturated heterocycles. The summed E-state index contributed by atoms with van der Waals surface area (Å²) in [5.41, 5.74) is 3.22. The molecule has 196 valence electrons. The molecule has 38 heavy (non-hydrogen) atoms. The number of Topliss-reactive ketones (excluding diaryl/α,β-unsaturated/α-hetero) is 1. The van der Waals surface area contributed by atoms with E-state index in [0.29, 0.717) is 35.1 Å². The number of ketones is 1. The second-order valence-electron chi connectivity index (χ2n) is 9.91. The van der Waals surface area contributed by atoms with Crippen LogP contribution in [0, 0.1) is 19.8 Å². The van der Waals surface area contributed by atoms with Crippen molar-refractivity contribution in [3.05, 3.63) is 94.6 Å². The zero-order valence-electron chi connectivity index (χ0n) is 22.1. The Morgan fingerprint density at radius 3 is 2.21 bits per heavy atom. The van der Waals surface area contributed by atoms with Crippen molar-refractivity contribution >= 4 is 29.1 Å². The Hall–Kier alpha value is -4.39. The normalized spacial score (nSPS) is 16.7. The lowest BCUT2D eigenvalue weighted by molar-refractivity contribution is -0.132. The van der Waals surface area contributed by atoms with Gasteiger partial charge < -0.3 is 14.6 Å². The maximum atomic E-state index is 13.4. The number of carbonyl (C=O) groups excluding carboxylic acids is 3. The van der Waals surface area contributed by atoms with Gasteiger partial charge >= 0.3 is 5.97 Å². The second-order valence-corrected chi connectivity index (χ2v) is 9.91. The van der Waals surface area contributed by atoms with E-state index in [1.54, 1.807) is 48.5 Å². The fourth-order valence-corrected chi connectivity index (χ4v) is 4.55. The van der Waals surface area contributed by atoms with Crippen LogP contribution in [0.4, 0.5) is 5.69 Å². The fourth-order valence-electron chi connectivity index (χ4n) is 4.55. The number of benzene rings is 3. The number of amides is 1. The van der Waals surface area contributed by atoms with E-state index in [2.05, 4.69) is 0 Å². The highest BCUT2D eigenvalue weighted by Crippen LogP contribution is 2.43. The molecule has 7 nitrogen and oxygen atoms in total. The summed E-state index contributed by atoms with van der Waals surface area (Å²) in [7, 11) is 0. The van der Waals surface area contributed by atoms with Crippen molar-refractivity contribution in [2.24, 2.45) is 5.92 Å². The quantitative estimate of drug-likeness (QED) is 0.139. The Bertz CT molecular complexity index is 1400. The molecule has 3 aromatic rings. The van der Waals surface area contributed by atoms with Gasteiger partial charge in [-0.1, -0.05) is 32.0 Å². The van der Waals surface area contributed by atoms with Gasteiger partial charge in [0.1, 0.15) is 17.3 Å². The molecule has 1 aliphatic heterocycles. The molecule has 0 spiro atoms. The van der Waals surface area contributed by atoms with Crippen LogP contribution in [0.25, 0.3) is 5.76 Å². The number of esters is 1. The summed E-state index contributed by atoms with van der Waals surface area (Å²) < 4.78 is 11.0.